The number of hydrogen-bond acceptors (Lipinski definition) is 1. The van der Waals surface area contributed by atoms with E-state index in [0.29, 0.717) is 0 Å². The van der Waals surface area contributed by atoms with Crippen LogP contribution in [0.25, 0.3) is 76.9 Å². The molecule has 8 rings (SSSR count). The molecule has 1 heterocycles. The van der Waals surface area contributed by atoms with Gasteiger partial charge in [-0.2, -0.15) is 0 Å². The molecule has 0 amide bonds. The van der Waals surface area contributed by atoms with Gasteiger partial charge in [-0.05, 0) is 89.1 Å². The molecule has 1 aromatic heterocycles. The molecule has 0 fully saturated rings. The molecule has 0 N–H and O–H groups in total. The first-order valence-electron chi connectivity index (χ1n) is 13.5. The summed E-state index contributed by atoms with van der Waals surface area (Å²) in [6, 6.07) is 49.7. The number of halogens is 1. The van der Waals surface area contributed by atoms with Gasteiger partial charge in [0.2, 0.25) is 0 Å². The molecule has 0 unspecified atom stereocenters. The maximum absolute atomic E-state index is 6.30. The quantitative estimate of drug-likeness (QED) is 0.191. The summed E-state index contributed by atoms with van der Waals surface area (Å²) >= 11 is 3.88. The zero-order chi connectivity index (χ0) is 26.6. The van der Waals surface area contributed by atoms with Crippen LogP contribution in [-0.2, 0) is 0 Å². The third-order valence-electron chi connectivity index (χ3n) is 7.95. The lowest BCUT2D eigenvalue weighted by molar-refractivity contribution is 0.669. The van der Waals surface area contributed by atoms with Crippen LogP contribution < -0.4 is 0 Å². The topological polar surface area (TPSA) is 13.1 Å². The van der Waals surface area contributed by atoms with Crippen LogP contribution in [-0.4, -0.2) is 0 Å². The molecule has 0 aliphatic carbocycles. The third-order valence-corrected chi connectivity index (χ3v) is 8.81. The van der Waals surface area contributed by atoms with Gasteiger partial charge >= 0.3 is 0 Å². The number of furan rings is 1. The van der Waals surface area contributed by atoms with E-state index < -0.39 is 0 Å². The molecule has 0 aliphatic heterocycles. The molecule has 0 atom stereocenters. The summed E-state index contributed by atoms with van der Waals surface area (Å²) in [6.07, 6.45) is 0. The fourth-order valence-electron chi connectivity index (χ4n) is 6.07. The largest absolute Gasteiger partial charge is 0.456 e. The second-order valence-electron chi connectivity index (χ2n) is 10.2. The smallest absolute Gasteiger partial charge is 0.136 e. The molecule has 40 heavy (non-hydrogen) atoms. The Morgan fingerprint density at radius 1 is 0.375 bits per heavy atom. The summed E-state index contributed by atoms with van der Waals surface area (Å²) in [5.74, 6) is 0. The molecule has 0 aliphatic rings. The van der Waals surface area contributed by atoms with Gasteiger partial charge in [-0.3, -0.25) is 0 Å². The maximum Gasteiger partial charge on any atom is 0.136 e. The molecular weight excluding hydrogens is 552 g/mol. The van der Waals surface area contributed by atoms with Gasteiger partial charge in [-0.1, -0.05) is 121 Å². The highest BCUT2D eigenvalue weighted by molar-refractivity contribution is 9.10. The van der Waals surface area contributed by atoms with Crippen molar-refractivity contribution in [2.45, 2.75) is 0 Å². The zero-order valence-electron chi connectivity index (χ0n) is 21.6. The number of hydrogen-bond donors (Lipinski definition) is 0. The Kier molecular flexibility index (Phi) is 5.36. The van der Waals surface area contributed by atoms with E-state index in [2.05, 4.69) is 143 Å². The van der Waals surface area contributed by atoms with Crippen LogP contribution in [0, 0.1) is 0 Å². The molecule has 0 saturated heterocycles. The average Bonchev–Trinajstić information content (AvgIpc) is 3.39. The van der Waals surface area contributed by atoms with Gasteiger partial charge < -0.3 is 4.42 Å². The first-order valence-corrected chi connectivity index (χ1v) is 14.3. The van der Waals surface area contributed by atoms with E-state index in [-0.39, 0.29) is 0 Å². The second-order valence-corrected chi connectivity index (χ2v) is 11.0. The minimum absolute atomic E-state index is 0.907. The highest BCUT2D eigenvalue weighted by Gasteiger charge is 2.16. The number of fused-ring (bicyclic) bond motifs is 5. The van der Waals surface area contributed by atoms with Gasteiger partial charge in [0, 0.05) is 15.2 Å². The summed E-state index contributed by atoms with van der Waals surface area (Å²) in [5.41, 5.74) is 9.01. The molecule has 7 aromatic carbocycles. The summed E-state index contributed by atoms with van der Waals surface area (Å²) in [5, 5.41) is 7.22. The van der Waals surface area contributed by atoms with Gasteiger partial charge in [0.05, 0.1) is 0 Å². The van der Waals surface area contributed by atoms with Crippen LogP contribution in [0.15, 0.2) is 148 Å². The highest BCUT2D eigenvalue weighted by Crippen LogP contribution is 2.43. The highest BCUT2D eigenvalue weighted by atomic mass is 79.9. The summed E-state index contributed by atoms with van der Waals surface area (Å²) < 4.78 is 7.45. The van der Waals surface area contributed by atoms with E-state index in [4.69, 9.17) is 4.42 Å². The van der Waals surface area contributed by atoms with Gasteiger partial charge in [0.1, 0.15) is 11.2 Å². The van der Waals surface area contributed by atoms with Crippen molar-refractivity contribution in [2.24, 2.45) is 0 Å². The van der Waals surface area contributed by atoms with Gasteiger partial charge in [0.15, 0.2) is 0 Å². The van der Waals surface area contributed by atoms with Crippen molar-refractivity contribution < 1.29 is 4.42 Å². The van der Waals surface area contributed by atoms with Crippen molar-refractivity contribution in [1.29, 1.82) is 0 Å². The van der Waals surface area contributed by atoms with Crippen LogP contribution in [0.4, 0.5) is 0 Å². The normalized spacial score (nSPS) is 11.6. The van der Waals surface area contributed by atoms with E-state index >= 15 is 0 Å². The van der Waals surface area contributed by atoms with Gasteiger partial charge in [-0.15, -0.1) is 0 Å². The van der Waals surface area contributed by atoms with Crippen molar-refractivity contribution in [1.82, 2.24) is 0 Å². The molecule has 0 saturated carbocycles. The van der Waals surface area contributed by atoms with Crippen molar-refractivity contribution in [3.8, 4) is 33.4 Å². The van der Waals surface area contributed by atoms with Gasteiger partial charge in [-0.25, -0.2) is 0 Å². The fraction of sp³-hybridized carbons (Fsp3) is 0. The van der Waals surface area contributed by atoms with E-state index in [1.807, 2.05) is 12.1 Å². The van der Waals surface area contributed by atoms with E-state index in [1.54, 1.807) is 0 Å². The van der Waals surface area contributed by atoms with Crippen LogP contribution >= 0.6 is 15.9 Å². The lowest BCUT2D eigenvalue weighted by Crippen LogP contribution is -1.89. The Morgan fingerprint density at radius 2 is 0.875 bits per heavy atom. The summed E-state index contributed by atoms with van der Waals surface area (Å²) in [4.78, 5) is 0. The third kappa shape index (κ3) is 3.61. The maximum atomic E-state index is 6.30. The Balaban J connectivity index is 1.35. The van der Waals surface area contributed by atoms with Crippen LogP contribution in [0.2, 0.25) is 0 Å². The van der Waals surface area contributed by atoms with E-state index in [9.17, 15) is 0 Å². The standard InChI is InChI=1S/C38H23BrO/c39-38-30-15-6-4-13-28(30)37(29-14-5-7-16-31(29)38)26-20-18-25(19-21-26)33-23-36-34(27-12-8-9-17-35(27)40-36)22-32(33)24-10-2-1-3-11-24/h1-23H. The molecule has 1 nitrogen and oxygen atoms in total. The fourth-order valence-corrected chi connectivity index (χ4v) is 6.76. The first kappa shape index (κ1) is 23.2. The monoisotopic (exact) mass is 574 g/mol. The molecule has 2 heteroatoms. The van der Waals surface area contributed by atoms with Crippen molar-refractivity contribution in [3.05, 3.63) is 144 Å². The molecule has 0 bridgehead atoms. The van der Waals surface area contributed by atoms with Crippen molar-refractivity contribution >= 4 is 59.4 Å². The number of para-hydroxylation sites is 1. The Hall–Kier alpha value is -4.66. The van der Waals surface area contributed by atoms with Crippen molar-refractivity contribution in [3.63, 3.8) is 0 Å². The first-order chi connectivity index (χ1) is 19.8. The van der Waals surface area contributed by atoms with Crippen LogP contribution in [0.1, 0.15) is 0 Å². The Bertz CT molecular complexity index is 2150. The van der Waals surface area contributed by atoms with Crippen molar-refractivity contribution in [2.75, 3.05) is 0 Å². The summed E-state index contributed by atoms with van der Waals surface area (Å²) in [6.45, 7) is 0. The predicted octanol–water partition coefficient (Wildman–Crippen LogP) is 11.7. The minimum atomic E-state index is 0.907. The molecule has 0 spiro atoms. The average molecular weight is 576 g/mol. The Morgan fingerprint density at radius 3 is 1.55 bits per heavy atom. The molecule has 0 radical (unpaired) electrons. The van der Waals surface area contributed by atoms with E-state index in [0.717, 1.165) is 37.5 Å². The number of rotatable bonds is 3. The zero-order valence-corrected chi connectivity index (χ0v) is 23.2. The SMILES string of the molecule is Brc1c2ccccc2c(-c2ccc(-c3cc4oc5ccccc5c4cc3-c3ccccc3)cc2)c2ccccc12. The second kappa shape index (κ2) is 9.22. The van der Waals surface area contributed by atoms with E-state index in [1.165, 1.54) is 43.8 Å². The predicted molar refractivity (Wildman–Crippen MR) is 173 cm³/mol. The van der Waals surface area contributed by atoms with Crippen LogP contribution in [0.5, 0.6) is 0 Å². The van der Waals surface area contributed by atoms with Crippen LogP contribution in [0.3, 0.4) is 0 Å². The minimum Gasteiger partial charge on any atom is -0.456 e. The summed E-state index contributed by atoms with van der Waals surface area (Å²) in [7, 11) is 0. The lowest BCUT2D eigenvalue weighted by Gasteiger charge is -2.15. The molecular formula is C38H23BrO. The van der Waals surface area contributed by atoms with Gasteiger partial charge in [0.25, 0.3) is 0 Å². The number of benzene rings is 7. The Labute approximate surface area is 240 Å². The lowest BCUT2D eigenvalue weighted by atomic mass is 9.89. The molecule has 188 valence electrons. The molecule has 8 aromatic rings.